The lowest BCUT2D eigenvalue weighted by molar-refractivity contribution is 0.207. The quantitative estimate of drug-likeness (QED) is 0.415. The highest BCUT2D eigenvalue weighted by molar-refractivity contribution is 7.09. The zero-order valence-electron chi connectivity index (χ0n) is 16.3. The summed E-state index contributed by atoms with van der Waals surface area (Å²) < 4.78 is 0. The summed E-state index contributed by atoms with van der Waals surface area (Å²) in [5.41, 5.74) is 2.88. The largest absolute Gasteiger partial charge is 0.322 e. The number of nitrogens with one attached hydrogen (secondary N) is 2. The van der Waals surface area contributed by atoms with Crippen molar-refractivity contribution < 1.29 is 4.79 Å². The molecule has 0 saturated carbocycles. The van der Waals surface area contributed by atoms with Gasteiger partial charge >= 0.3 is 6.03 Å². The summed E-state index contributed by atoms with van der Waals surface area (Å²) in [5, 5.41) is 6.40. The van der Waals surface area contributed by atoms with E-state index in [4.69, 9.17) is 11.6 Å². The number of aryl methyl sites for hydroxylation is 1. The van der Waals surface area contributed by atoms with Gasteiger partial charge in [-0.05, 0) is 66.2 Å². The Balaban J connectivity index is 1.63. The van der Waals surface area contributed by atoms with Gasteiger partial charge in [0.05, 0.1) is 13.1 Å². The number of nitrogens with zero attached hydrogens (tertiary/aromatic N) is 1. The number of carbonyl (C=O) groups is 1. The van der Waals surface area contributed by atoms with Crippen LogP contribution in [0.1, 0.15) is 16.0 Å². The van der Waals surface area contributed by atoms with E-state index in [-0.39, 0.29) is 18.1 Å². The molecule has 30 heavy (non-hydrogen) atoms. The lowest BCUT2D eigenvalue weighted by atomic mass is 10.1. The van der Waals surface area contributed by atoms with Gasteiger partial charge in [-0.1, -0.05) is 29.3 Å². The Kier molecular flexibility index (Phi) is 5.88. The van der Waals surface area contributed by atoms with Gasteiger partial charge in [0.2, 0.25) is 0 Å². The second-order valence-electron chi connectivity index (χ2n) is 7.09. The maximum Gasteiger partial charge on any atom is 0.322 e. The maximum absolute atomic E-state index is 13.0. The van der Waals surface area contributed by atoms with Crippen molar-refractivity contribution in [3.05, 3.63) is 97.4 Å². The van der Waals surface area contributed by atoms with Crippen molar-refractivity contribution in [2.45, 2.75) is 20.0 Å². The number of amides is 2. The van der Waals surface area contributed by atoms with E-state index in [1.165, 1.54) is 0 Å². The summed E-state index contributed by atoms with van der Waals surface area (Å²) in [5.74, 6) is 0. The monoisotopic (exact) mass is 437 g/mol. The summed E-state index contributed by atoms with van der Waals surface area (Å²) in [7, 11) is 0. The summed E-state index contributed by atoms with van der Waals surface area (Å²) in [6.45, 7) is 2.60. The molecule has 7 heteroatoms. The van der Waals surface area contributed by atoms with Gasteiger partial charge in [-0.25, -0.2) is 4.79 Å². The van der Waals surface area contributed by atoms with Crippen molar-refractivity contribution in [1.29, 1.82) is 0 Å². The average molecular weight is 438 g/mol. The third-order valence-corrected chi connectivity index (χ3v) is 5.86. The first-order valence-corrected chi connectivity index (χ1v) is 10.7. The summed E-state index contributed by atoms with van der Waals surface area (Å²) >= 11 is 7.50. The predicted octanol–water partition coefficient (Wildman–Crippen LogP) is 5.79. The Bertz CT molecular complexity index is 1230. The molecular weight excluding hydrogens is 418 g/mol. The lowest BCUT2D eigenvalue weighted by Gasteiger charge is -2.22. The number of H-pyrrole nitrogens is 1. The molecule has 2 aromatic carbocycles. The van der Waals surface area contributed by atoms with Crippen molar-refractivity contribution in [1.82, 2.24) is 9.88 Å². The smallest absolute Gasteiger partial charge is 0.322 e. The number of thiophene rings is 1. The SMILES string of the molecule is Cc1ccc2[nH]c(=O)c(CN(Cc3cccs3)C(=O)Nc3ccc(Cl)cc3)cc2c1. The number of aromatic nitrogens is 1. The van der Waals surface area contributed by atoms with Crippen molar-refractivity contribution in [3.63, 3.8) is 0 Å². The van der Waals surface area contributed by atoms with E-state index in [0.717, 1.165) is 21.3 Å². The number of hydrogen-bond donors (Lipinski definition) is 2. The third-order valence-electron chi connectivity index (χ3n) is 4.75. The number of rotatable bonds is 5. The molecule has 0 bridgehead atoms. The van der Waals surface area contributed by atoms with Crippen LogP contribution in [0, 0.1) is 6.92 Å². The van der Waals surface area contributed by atoms with Gasteiger partial charge in [-0.15, -0.1) is 11.3 Å². The van der Waals surface area contributed by atoms with Gasteiger partial charge in [0.15, 0.2) is 0 Å². The van der Waals surface area contributed by atoms with E-state index in [0.29, 0.717) is 22.8 Å². The van der Waals surface area contributed by atoms with Gasteiger partial charge in [0, 0.05) is 26.7 Å². The summed E-state index contributed by atoms with van der Waals surface area (Å²) in [6.07, 6.45) is 0. The molecule has 2 N–H and O–H groups in total. The first-order chi connectivity index (χ1) is 14.5. The van der Waals surface area contributed by atoms with Crippen LogP contribution in [0.3, 0.4) is 0 Å². The molecule has 5 nitrogen and oxygen atoms in total. The molecule has 0 aliphatic heterocycles. The lowest BCUT2D eigenvalue weighted by Crippen LogP contribution is -2.35. The fourth-order valence-corrected chi connectivity index (χ4v) is 4.07. The molecule has 0 fully saturated rings. The minimum absolute atomic E-state index is 0.191. The molecule has 0 unspecified atom stereocenters. The van der Waals surface area contributed by atoms with Gasteiger partial charge in [-0.2, -0.15) is 0 Å². The van der Waals surface area contributed by atoms with Gasteiger partial charge in [0.1, 0.15) is 0 Å². The van der Waals surface area contributed by atoms with E-state index in [9.17, 15) is 9.59 Å². The fraction of sp³-hybridized carbons (Fsp3) is 0.130. The van der Waals surface area contributed by atoms with Gasteiger partial charge in [-0.3, -0.25) is 4.79 Å². The normalized spacial score (nSPS) is 10.9. The molecule has 0 radical (unpaired) electrons. The number of benzene rings is 2. The number of fused-ring (bicyclic) bond motifs is 1. The number of anilines is 1. The highest BCUT2D eigenvalue weighted by Crippen LogP contribution is 2.19. The zero-order chi connectivity index (χ0) is 21.1. The highest BCUT2D eigenvalue weighted by atomic mass is 35.5. The number of halogens is 1. The Morgan fingerprint density at radius 1 is 1.10 bits per heavy atom. The molecule has 4 rings (SSSR count). The minimum atomic E-state index is -0.283. The van der Waals surface area contributed by atoms with E-state index in [2.05, 4.69) is 10.3 Å². The van der Waals surface area contributed by atoms with Gasteiger partial charge < -0.3 is 15.2 Å². The molecule has 0 aliphatic rings. The Morgan fingerprint density at radius 2 is 1.90 bits per heavy atom. The van der Waals surface area contributed by atoms with E-state index in [1.807, 2.05) is 48.7 Å². The molecule has 2 aromatic heterocycles. The van der Waals surface area contributed by atoms with Crippen molar-refractivity contribution >= 4 is 45.6 Å². The molecular formula is C23H20ClN3O2S. The van der Waals surface area contributed by atoms with Crippen LogP contribution in [-0.4, -0.2) is 15.9 Å². The number of aromatic amines is 1. The summed E-state index contributed by atoms with van der Waals surface area (Å²) in [6, 6.07) is 18.3. The van der Waals surface area contributed by atoms with Gasteiger partial charge in [0.25, 0.3) is 5.56 Å². The first kappa shape index (κ1) is 20.2. The molecule has 4 aromatic rings. The standard InChI is InChI=1S/C23H20ClN3O2S/c1-15-4-9-21-16(11-15)12-17(22(28)26-21)13-27(14-20-3-2-10-30-20)23(29)25-19-7-5-18(24)6-8-19/h2-12H,13-14H2,1H3,(H,25,29)(H,26,28). The third kappa shape index (κ3) is 4.72. The number of urea groups is 1. The minimum Gasteiger partial charge on any atom is -0.322 e. The van der Waals surface area contributed by atoms with Crippen LogP contribution < -0.4 is 10.9 Å². The molecule has 0 aliphatic carbocycles. The van der Waals surface area contributed by atoms with Crippen LogP contribution in [0.15, 0.2) is 70.8 Å². The second-order valence-corrected chi connectivity index (χ2v) is 8.56. The van der Waals surface area contributed by atoms with E-state index < -0.39 is 0 Å². The topological polar surface area (TPSA) is 65.2 Å². The average Bonchev–Trinajstić information content (AvgIpc) is 3.23. The Hall–Kier alpha value is -3.09. The van der Waals surface area contributed by atoms with Crippen LogP contribution in [0.25, 0.3) is 10.9 Å². The van der Waals surface area contributed by atoms with Crippen LogP contribution in [0.4, 0.5) is 10.5 Å². The van der Waals surface area contributed by atoms with E-state index in [1.54, 1.807) is 40.5 Å². The molecule has 0 atom stereocenters. The van der Waals surface area contributed by atoms with Crippen molar-refractivity contribution in [3.8, 4) is 0 Å². The van der Waals surface area contributed by atoms with Crippen LogP contribution in [-0.2, 0) is 13.1 Å². The number of pyridine rings is 1. The Labute approximate surface area is 182 Å². The Morgan fingerprint density at radius 3 is 2.63 bits per heavy atom. The fourth-order valence-electron chi connectivity index (χ4n) is 3.22. The highest BCUT2D eigenvalue weighted by Gasteiger charge is 2.17. The second kappa shape index (κ2) is 8.73. The molecule has 0 spiro atoms. The van der Waals surface area contributed by atoms with E-state index >= 15 is 0 Å². The van der Waals surface area contributed by atoms with Crippen molar-refractivity contribution in [2.75, 3.05) is 5.32 Å². The van der Waals surface area contributed by atoms with Crippen LogP contribution in [0.5, 0.6) is 0 Å². The molecule has 0 saturated heterocycles. The number of hydrogen-bond acceptors (Lipinski definition) is 3. The number of carbonyl (C=O) groups excluding carboxylic acids is 1. The van der Waals surface area contributed by atoms with Crippen molar-refractivity contribution in [2.24, 2.45) is 0 Å². The maximum atomic E-state index is 13.0. The van der Waals surface area contributed by atoms with Crippen LogP contribution >= 0.6 is 22.9 Å². The predicted molar refractivity (Wildman–Crippen MR) is 123 cm³/mol. The summed E-state index contributed by atoms with van der Waals surface area (Å²) in [4.78, 5) is 31.3. The molecule has 2 heterocycles. The molecule has 152 valence electrons. The van der Waals surface area contributed by atoms with Crippen LogP contribution in [0.2, 0.25) is 5.02 Å². The zero-order valence-corrected chi connectivity index (χ0v) is 17.9. The molecule has 2 amide bonds. The first-order valence-electron chi connectivity index (χ1n) is 9.44.